The zero-order valence-electron chi connectivity index (χ0n) is 10.2. The number of ether oxygens (including phenoxy) is 1. The van der Waals surface area contributed by atoms with Crippen molar-refractivity contribution in [2.75, 3.05) is 13.7 Å². The molecule has 0 saturated carbocycles. The lowest BCUT2D eigenvalue weighted by Crippen LogP contribution is -2.38. The largest absolute Gasteiger partial charge is 0.381 e. The molecule has 0 atom stereocenters. The van der Waals surface area contributed by atoms with Crippen LogP contribution < -0.4 is 4.57 Å². The molecule has 0 unspecified atom stereocenters. The first kappa shape index (κ1) is 11.1. The van der Waals surface area contributed by atoms with Gasteiger partial charge in [0.1, 0.15) is 6.54 Å². The lowest BCUT2D eigenvalue weighted by Gasteiger charge is -1.99. The van der Waals surface area contributed by atoms with Gasteiger partial charge in [0.2, 0.25) is 0 Å². The third-order valence-electron chi connectivity index (χ3n) is 3.08. The van der Waals surface area contributed by atoms with Crippen molar-refractivity contribution in [3.8, 4) is 0 Å². The molecule has 0 amide bonds. The minimum atomic E-state index is 0.753. The molecular weight excluding hydrogens is 200 g/mol. The molecule has 0 N–H and O–H groups in total. The highest BCUT2D eigenvalue weighted by Gasteiger charge is 2.19. The molecular formula is C13H19N2O+. The number of hydrogen-bond donors (Lipinski definition) is 0. The summed E-state index contributed by atoms with van der Waals surface area (Å²) in [5.41, 5.74) is 2.59. The van der Waals surface area contributed by atoms with Crippen LogP contribution in [0.5, 0.6) is 0 Å². The number of hydrogen-bond acceptors (Lipinski definition) is 1. The van der Waals surface area contributed by atoms with E-state index in [-0.39, 0.29) is 0 Å². The smallest absolute Gasteiger partial charge is 0.254 e. The van der Waals surface area contributed by atoms with Gasteiger partial charge in [0, 0.05) is 14.0 Å². The molecule has 1 aromatic heterocycles. The molecule has 1 heterocycles. The summed E-state index contributed by atoms with van der Waals surface area (Å²) >= 11 is 0. The minimum absolute atomic E-state index is 0.753. The van der Waals surface area contributed by atoms with E-state index < -0.39 is 0 Å². The number of aryl methyl sites for hydroxylation is 1. The number of fused-ring (bicyclic) bond motifs is 1. The predicted molar refractivity (Wildman–Crippen MR) is 64.4 cm³/mol. The van der Waals surface area contributed by atoms with Crippen LogP contribution in [0.1, 0.15) is 12.7 Å². The number of rotatable bonds is 4. The summed E-state index contributed by atoms with van der Waals surface area (Å²) in [4.78, 5) is 0. The van der Waals surface area contributed by atoms with Gasteiger partial charge in [0.25, 0.3) is 5.82 Å². The van der Waals surface area contributed by atoms with Gasteiger partial charge in [-0.3, -0.25) is 0 Å². The molecule has 1 aromatic carbocycles. The quantitative estimate of drug-likeness (QED) is 0.718. The third-order valence-corrected chi connectivity index (χ3v) is 3.08. The highest BCUT2D eigenvalue weighted by molar-refractivity contribution is 5.72. The predicted octanol–water partition coefficient (Wildman–Crippen LogP) is 1.90. The van der Waals surface area contributed by atoms with Gasteiger partial charge < -0.3 is 4.74 Å². The maximum absolute atomic E-state index is 5.16. The molecule has 0 radical (unpaired) electrons. The van der Waals surface area contributed by atoms with Gasteiger partial charge in [-0.25, -0.2) is 9.13 Å². The Hall–Kier alpha value is -1.35. The van der Waals surface area contributed by atoms with Crippen LogP contribution in [0.2, 0.25) is 0 Å². The Bertz CT molecular complexity index is 488. The monoisotopic (exact) mass is 219 g/mol. The van der Waals surface area contributed by atoms with Gasteiger partial charge in [0.05, 0.1) is 13.2 Å². The van der Waals surface area contributed by atoms with E-state index in [4.69, 9.17) is 4.74 Å². The van der Waals surface area contributed by atoms with Crippen LogP contribution in [0.15, 0.2) is 24.3 Å². The molecule has 0 saturated heterocycles. The molecule has 0 spiro atoms. The van der Waals surface area contributed by atoms with Gasteiger partial charge in [-0.05, 0) is 19.1 Å². The molecule has 3 nitrogen and oxygen atoms in total. The van der Waals surface area contributed by atoms with Gasteiger partial charge in [-0.1, -0.05) is 12.1 Å². The fraction of sp³-hybridized carbons (Fsp3) is 0.462. The molecule has 86 valence electrons. The average molecular weight is 219 g/mol. The van der Waals surface area contributed by atoms with Crippen LogP contribution in [0.4, 0.5) is 0 Å². The van der Waals surface area contributed by atoms with E-state index >= 15 is 0 Å². The van der Waals surface area contributed by atoms with Crippen molar-refractivity contribution in [3.05, 3.63) is 30.1 Å². The molecule has 2 rings (SSSR count). The van der Waals surface area contributed by atoms with E-state index in [1.165, 1.54) is 16.9 Å². The van der Waals surface area contributed by atoms with Crippen molar-refractivity contribution in [1.82, 2.24) is 4.57 Å². The topological polar surface area (TPSA) is 18.0 Å². The molecule has 0 aliphatic carbocycles. The van der Waals surface area contributed by atoms with Gasteiger partial charge in [-0.2, -0.15) is 0 Å². The second-order valence-electron chi connectivity index (χ2n) is 3.92. The standard InChI is InChI=1S/C13H19N2O/c1-4-14-11(2)15(9-10-16-3)13-8-6-5-7-12(13)14/h5-8H,4,9-10H2,1-3H3/q+1. The zero-order chi connectivity index (χ0) is 11.5. The fourth-order valence-corrected chi connectivity index (χ4v) is 2.28. The maximum atomic E-state index is 5.16. The number of aromatic nitrogens is 2. The highest BCUT2D eigenvalue weighted by atomic mass is 16.5. The number of benzene rings is 1. The van der Waals surface area contributed by atoms with Crippen molar-refractivity contribution in [2.24, 2.45) is 0 Å². The van der Waals surface area contributed by atoms with Crippen LogP contribution in [0, 0.1) is 6.92 Å². The first-order valence-electron chi connectivity index (χ1n) is 5.76. The first-order valence-corrected chi connectivity index (χ1v) is 5.76. The Labute approximate surface area is 96.3 Å². The van der Waals surface area contributed by atoms with E-state index in [1.54, 1.807) is 7.11 Å². The van der Waals surface area contributed by atoms with Crippen molar-refractivity contribution in [2.45, 2.75) is 26.9 Å². The summed E-state index contributed by atoms with van der Waals surface area (Å²) in [6.45, 7) is 7.02. The molecule has 0 bridgehead atoms. The lowest BCUT2D eigenvalue weighted by atomic mass is 10.3. The van der Waals surface area contributed by atoms with Gasteiger partial charge >= 0.3 is 0 Å². The van der Waals surface area contributed by atoms with Crippen LogP contribution in [0.3, 0.4) is 0 Å². The van der Waals surface area contributed by atoms with Crippen LogP contribution in [-0.2, 0) is 17.8 Å². The SMILES string of the molecule is CCn1c(C)[n+](CCOC)c2ccccc21. The van der Waals surface area contributed by atoms with Crippen LogP contribution >= 0.6 is 0 Å². The Morgan fingerprint density at radius 1 is 1.31 bits per heavy atom. The minimum Gasteiger partial charge on any atom is -0.381 e. The number of imidazole rings is 1. The van der Waals surface area contributed by atoms with E-state index in [0.29, 0.717) is 0 Å². The van der Waals surface area contributed by atoms with E-state index in [1.807, 2.05) is 0 Å². The number of methoxy groups -OCH3 is 1. The second-order valence-corrected chi connectivity index (χ2v) is 3.92. The summed E-state index contributed by atoms with van der Waals surface area (Å²) in [6.07, 6.45) is 0. The van der Waals surface area contributed by atoms with Crippen molar-refractivity contribution < 1.29 is 9.30 Å². The average Bonchev–Trinajstić information content (AvgIpc) is 2.58. The number of para-hydroxylation sites is 2. The molecule has 0 fully saturated rings. The Morgan fingerprint density at radius 2 is 2.06 bits per heavy atom. The molecule has 3 heteroatoms. The summed E-state index contributed by atoms with van der Waals surface area (Å²) in [6, 6.07) is 8.53. The second kappa shape index (κ2) is 4.66. The van der Waals surface area contributed by atoms with Crippen molar-refractivity contribution >= 4 is 11.0 Å². The molecule has 16 heavy (non-hydrogen) atoms. The summed E-state index contributed by atoms with van der Waals surface area (Å²) in [7, 11) is 1.74. The van der Waals surface area contributed by atoms with Crippen molar-refractivity contribution in [3.63, 3.8) is 0 Å². The van der Waals surface area contributed by atoms with Crippen LogP contribution in [0.25, 0.3) is 11.0 Å². The summed E-state index contributed by atoms with van der Waals surface area (Å²) in [5, 5.41) is 0. The Morgan fingerprint density at radius 3 is 2.75 bits per heavy atom. The van der Waals surface area contributed by atoms with E-state index in [2.05, 4.69) is 47.2 Å². The molecule has 0 aliphatic heterocycles. The maximum Gasteiger partial charge on any atom is 0.254 e. The zero-order valence-corrected chi connectivity index (χ0v) is 10.2. The summed E-state index contributed by atoms with van der Waals surface area (Å²) < 4.78 is 9.82. The Balaban J connectivity index is 2.58. The Kier molecular flexibility index (Phi) is 3.25. The van der Waals surface area contributed by atoms with Crippen molar-refractivity contribution in [1.29, 1.82) is 0 Å². The molecule has 2 aromatic rings. The van der Waals surface area contributed by atoms with E-state index in [9.17, 15) is 0 Å². The highest BCUT2D eigenvalue weighted by Crippen LogP contribution is 2.13. The summed E-state index contributed by atoms with van der Waals surface area (Å²) in [5.74, 6) is 1.29. The molecule has 0 aliphatic rings. The third kappa shape index (κ3) is 1.71. The van der Waals surface area contributed by atoms with E-state index in [0.717, 1.165) is 19.7 Å². The normalized spacial score (nSPS) is 11.2. The van der Waals surface area contributed by atoms with Gasteiger partial charge in [0.15, 0.2) is 11.0 Å². The van der Waals surface area contributed by atoms with Gasteiger partial charge in [-0.15, -0.1) is 0 Å². The fourth-order valence-electron chi connectivity index (χ4n) is 2.28. The number of nitrogens with zero attached hydrogens (tertiary/aromatic N) is 2. The van der Waals surface area contributed by atoms with Crippen LogP contribution in [-0.4, -0.2) is 18.3 Å². The first-order chi connectivity index (χ1) is 7.79. The lowest BCUT2D eigenvalue weighted by molar-refractivity contribution is -0.679.